The van der Waals surface area contributed by atoms with Crippen LogP contribution in [0.15, 0.2) is 11.6 Å². The lowest BCUT2D eigenvalue weighted by Crippen LogP contribution is -2.66. The van der Waals surface area contributed by atoms with Crippen molar-refractivity contribution in [3.8, 4) is 0 Å². The maximum atomic E-state index is 12.2. The van der Waals surface area contributed by atoms with Crippen LogP contribution in [0.3, 0.4) is 0 Å². The summed E-state index contributed by atoms with van der Waals surface area (Å²) in [7, 11) is -1.86. The predicted octanol–water partition coefficient (Wildman–Crippen LogP) is 8.11. The molecule has 41 heavy (non-hydrogen) atoms. The minimum atomic E-state index is -1.86. The van der Waals surface area contributed by atoms with Crippen molar-refractivity contribution in [2.75, 3.05) is 6.61 Å². The van der Waals surface area contributed by atoms with Gasteiger partial charge in [-0.05, 0) is 130 Å². The molecule has 0 bridgehead atoms. The Bertz CT molecular complexity index is 1040. The summed E-state index contributed by atoms with van der Waals surface area (Å²) in [6.45, 7) is 26.2. The van der Waals surface area contributed by atoms with Crippen LogP contribution in [0.1, 0.15) is 120 Å². The second-order valence-electron chi connectivity index (χ2n) is 18.3. The molecule has 5 heteroatoms. The van der Waals surface area contributed by atoms with Gasteiger partial charge in [-0.15, -0.1) is 0 Å². The van der Waals surface area contributed by atoms with Crippen molar-refractivity contribution in [2.45, 2.75) is 157 Å². The van der Waals surface area contributed by atoms with Crippen LogP contribution < -0.4 is 0 Å². The lowest BCUT2D eigenvalue weighted by atomic mass is 9.36. The summed E-state index contributed by atoms with van der Waals surface area (Å²) < 4.78 is 7.07. The molecule has 5 rings (SSSR count). The normalized spacial score (nSPS) is 51.1. The van der Waals surface area contributed by atoms with Crippen molar-refractivity contribution in [2.24, 2.45) is 50.7 Å². The van der Waals surface area contributed by atoms with E-state index < -0.39 is 14.4 Å². The predicted molar refractivity (Wildman–Crippen MR) is 171 cm³/mol. The van der Waals surface area contributed by atoms with Gasteiger partial charge in [0.2, 0.25) is 0 Å². The van der Waals surface area contributed by atoms with Crippen LogP contribution in [-0.2, 0) is 4.43 Å². The summed E-state index contributed by atoms with van der Waals surface area (Å²) in [6, 6.07) is 0. The Kier molecular flexibility index (Phi) is 7.77. The van der Waals surface area contributed by atoms with Crippen LogP contribution in [0.25, 0.3) is 0 Å². The third-order valence-electron chi connectivity index (χ3n) is 15.4. The molecular formula is C36H64O4Si. The van der Waals surface area contributed by atoms with E-state index in [-0.39, 0.29) is 56.7 Å². The highest BCUT2D eigenvalue weighted by Crippen LogP contribution is 2.85. The summed E-state index contributed by atoms with van der Waals surface area (Å²) in [5, 5.41) is 35.1. The molecule has 9 unspecified atom stereocenters. The maximum Gasteiger partial charge on any atom is 0.192 e. The zero-order chi connectivity index (χ0) is 30.6. The van der Waals surface area contributed by atoms with Crippen LogP contribution >= 0.6 is 0 Å². The van der Waals surface area contributed by atoms with Crippen LogP contribution in [0, 0.1) is 50.7 Å². The van der Waals surface area contributed by atoms with Gasteiger partial charge in [0.05, 0.1) is 12.2 Å². The fourth-order valence-electron chi connectivity index (χ4n) is 12.0. The average molecular weight is 589 g/mol. The molecule has 0 aromatic heterocycles. The minimum absolute atomic E-state index is 0.0262. The zero-order valence-corrected chi connectivity index (χ0v) is 29.4. The summed E-state index contributed by atoms with van der Waals surface area (Å²) in [4.78, 5) is 0. The average Bonchev–Trinajstić information content (AvgIpc) is 3.45. The third-order valence-corrected chi connectivity index (χ3v) is 19.9. The summed E-state index contributed by atoms with van der Waals surface area (Å²) >= 11 is 0. The quantitative estimate of drug-likeness (QED) is 0.217. The Labute approximate surface area is 253 Å². The Morgan fingerprint density at radius 3 is 2.27 bits per heavy atom. The van der Waals surface area contributed by atoms with Gasteiger partial charge in [-0.1, -0.05) is 60.1 Å². The van der Waals surface area contributed by atoms with Crippen LogP contribution in [-0.4, -0.2) is 48.6 Å². The molecular weight excluding hydrogens is 524 g/mol. The molecule has 0 saturated heterocycles. The van der Waals surface area contributed by atoms with Crippen molar-refractivity contribution in [3.63, 3.8) is 0 Å². The van der Waals surface area contributed by atoms with Crippen molar-refractivity contribution in [3.05, 3.63) is 11.6 Å². The van der Waals surface area contributed by atoms with E-state index in [1.807, 2.05) is 0 Å². The molecule has 3 N–H and O–H groups in total. The Hall–Kier alpha value is -0.203. The third kappa shape index (κ3) is 4.31. The topological polar surface area (TPSA) is 69.9 Å². The van der Waals surface area contributed by atoms with E-state index in [1.165, 1.54) is 12.0 Å². The van der Waals surface area contributed by atoms with E-state index in [0.29, 0.717) is 17.9 Å². The summed E-state index contributed by atoms with van der Waals surface area (Å²) in [6.07, 6.45) is 10.8. The highest BCUT2D eigenvalue weighted by molar-refractivity contribution is 6.74. The molecule has 4 nitrogen and oxygen atoms in total. The fraction of sp³-hybridized carbons (Fsp3) is 0.944. The molecule has 0 aliphatic heterocycles. The maximum absolute atomic E-state index is 12.2. The van der Waals surface area contributed by atoms with Crippen molar-refractivity contribution < 1.29 is 19.7 Å². The van der Waals surface area contributed by atoms with Crippen molar-refractivity contribution >= 4 is 8.32 Å². The number of rotatable bonds is 6. The van der Waals surface area contributed by atoms with Gasteiger partial charge in [-0.2, -0.15) is 0 Å². The molecule has 12 atom stereocenters. The van der Waals surface area contributed by atoms with E-state index in [1.54, 1.807) is 0 Å². The Morgan fingerprint density at radius 1 is 1.02 bits per heavy atom. The monoisotopic (exact) mass is 588 g/mol. The van der Waals surface area contributed by atoms with Gasteiger partial charge in [-0.3, -0.25) is 0 Å². The lowest BCUT2D eigenvalue weighted by Gasteiger charge is -2.69. The summed E-state index contributed by atoms with van der Waals surface area (Å²) in [5.41, 5.74) is 0.877. The number of allylic oxidation sites excluding steroid dienone is 2. The molecule has 5 saturated carbocycles. The lowest BCUT2D eigenvalue weighted by molar-refractivity contribution is -0.240. The fourth-order valence-corrected chi connectivity index (χ4v) is 13.5. The number of hydrogen-bond acceptors (Lipinski definition) is 4. The first-order valence-electron chi connectivity index (χ1n) is 17.0. The molecule has 0 radical (unpaired) electrons. The molecule has 0 heterocycles. The van der Waals surface area contributed by atoms with E-state index in [0.717, 1.165) is 51.4 Å². The smallest absolute Gasteiger partial charge is 0.192 e. The zero-order valence-electron chi connectivity index (χ0n) is 28.4. The van der Waals surface area contributed by atoms with Crippen LogP contribution in [0.2, 0.25) is 18.1 Å². The summed E-state index contributed by atoms with van der Waals surface area (Å²) in [5.74, 6) is 1.55. The van der Waals surface area contributed by atoms with Crippen LogP contribution in [0.5, 0.6) is 0 Å². The molecule has 5 aliphatic rings. The second kappa shape index (κ2) is 9.90. The second-order valence-corrected chi connectivity index (χ2v) is 23.1. The number of fused-ring (bicyclic) bond motifs is 6. The molecule has 0 amide bonds. The van der Waals surface area contributed by atoms with Gasteiger partial charge in [0.25, 0.3) is 0 Å². The number of hydrogen-bond donors (Lipinski definition) is 3. The first kappa shape index (κ1) is 32.2. The van der Waals surface area contributed by atoms with E-state index in [2.05, 4.69) is 81.5 Å². The first-order chi connectivity index (χ1) is 18.8. The highest BCUT2D eigenvalue weighted by atomic mass is 28.4. The first-order valence-corrected chi connectivity index (χ1v) is 20.0. The standard InChI is InChI=1S/C36H64O4Si/c1-23(2)13-12-16-35(22-37)21-36(35)28-19-26(38)30-32(7)17-15-27(40-41(10,11)31(4,5)6)24(3)25(32)14-18-33(30,8)34(28,9)20-29(36)39/h13,24-30,37-39H,12,14-22H2,1-11H3/t24?,25?,26?,27?,28?,29-,30?,32-,33?,34-,35?,36?/m0/s1. The molecule has 236 valence electrons. The van der Waals surface area contributed by atoms with Gasteiger partial charge >= 0.3 is 0 Å². The van der Waals surface area contributed by atoms with Gasteiger partial charge < -0.3 is 19.7 Å². The van der Waals surface area contributed by atoms with Crippen LogP contribution in [0.4, 0.5) is 0 Å². The van der Waals surface area contributed by atoms with E-state index in [4.69, 9.17) is 4.43 Å². The van der Waals surface area contributed by atoms with Crippen molar-refractivity contribution in [1.82, 2.24) is 0 Å². The highest BCUT2D eigenvalue weighted by Gasteiger charge is 2.83. The Balaban J connectivity index is 1.44. The van der Waals surface area contributed by atoms with Gasteiger partial charge in [0.15, 0.2) is 8.32 Å². The molecule has 0 aromatic rings. The number of aliphatic hydroxyl groups is 3. The number of aliphatic hydroxyl groups excluding tert-OH is 3. The van der Waals surface area contributed by atoms with Gasteiger partial charge in [0, 0.05) is 23.5 Å². The molecule has 5 fully saturated rings. The van der Waals surface area contributed by atoms with E-state index >= 15 is 0 Å². The molecule has 1 spiro atoms. The SMILES string of the molecule is CC(C)=CCCC1(CO)CC12C1CC(O)C3C(C)(CCC4C(C)C(O[Si](C)(C)C(C)(C)C)CC[C@@]43C)[C@@]1(C)C[C@@H]2O. The van der Waals surface area contributed by atoms with Crippen molar-refractivity contribution in [1.29, 1.82) is 0 Å². The molecule has 0 aromatic carbocycles. The Morgan fingerprint density at radius 2 is 1.68 bits per heavy atom. The van der Waals surface area contributed by atoms with Gasteiger partial charge in [0.1, 0.15) is 0 Å². The largest absolute Gasteiger partial charge is 0.414 e. The minimum Gasteiger partial charge on any atom is -0.414 e. The van der Waals surface area contributed by atoms with E-state index in [9.17, 15) is 15.3 Å². The van der Waals surface area contributed by atoms with Gasteiger partial charge in [-0.25, -0.2) is 0 Å². The molecule has 5 aliphatic carbocycles.